The maximum atomic E-state index is 12.2. The number of carbonyl (C=O) groups is 1. The van der Waals surface area contributed by atoms with Crippen LogP contribution in [-0.4, -0.2) is 17.6 Å². The fourth-order valence-corrected chi connectivity index (χ4v) is 2.88. The monoisotopic (exact) mass is 290 g/mol. The second kappa shape index (κ2) is 4.84. The summed E-state index contributed by atoms with van der Waals surface area (Å²) in [6, 6.07) is 15.6. The van der Waals surface area contributed by atoms with Gasteiger partial charge in [-0.1, -0.05) is 18.2 Å². The van der Waals surface area contributed by atoms with Crippen LogP contribution >= 0.6 is 0 Å². The molecule has 1 aromatic heterocycles. The van der Waals surface area contributed by atoms with Gasteiger partial charge in [-0.25, -0.2) is 4.99 Å². The molecule has 4 heteroatoms. The molecule has 22 heavy (non-hydrogen) atoms. The molecular weight excluding hydrogens is 276 g/mol. The number of amides is 1. The van der Waals surface area contributed by atoms with Crippen molar-refractivity contribution in [2.24, 2.45) is 4.99 Å². The van der Waals surface area contributed by atoms with Crippen LogP contribution in [0.1, 0.15) is 0 Å². The van der Waals surface area contributed by atoms with E-state index in [1.165, 1.54) is 0 Å². The van der Waals surface area contributed by atoms with Gasteiger partial charge in [0.05, 0.1) is 19.0 Å². The van der Waals surface area contributed by atoms with E-state index in [1.807, 2.05) is 54.7 Å². The molecule has 2 aromatic carbocycles. The van der Waals surface area contributed by atoms with Gasteiger partial charge in [-0.15, -0.1) is 0 Å². The van der Waals surface area contributed by atoms with Gasteiger partial charge in [0, 0.05) is 27.9 Å². The van der Waals surface area contributed by atoms with Gasteiger partial charge in [0.1, 0.15) is 5.75 Å². The Hall–Kier alpha value is -2.88. The number of hydrogen-bond donors (Lipinski definition) is 0. The van der Waals surface area contributed by atoms with Crippen molar-refractivity contribution in [3.8, 4) is 5.75 Å². The summed E-state index contributed by atoms with van der Waals surface area (Å²) in [6.07, 6.45) is 1.99. The molecule has 0 fully saturated rings. The van der Waals surface area contributed by atoms with Crippen molar-refractivity contribution in [1.29, 1.82) is 0 Å². The van der Waals surface area contributed by atoms with E-state index in [2.05, 4.69) is 9.56 Å². The first kappa shape index (κ1) is 12.8. The highest BCUT2D eigenvalue weighted by atomic mass is 16.5. The Kier molecular flexibility index (Phi) is 2.82. The van der Waals surface area contributed by atoms with E-state index in [0.29, 0.717) is 6.54 Å². The summed E-state index contributed by atoms with van der Waals surface area (Å²) in [4.78, 5) is 16.3. The van der Waals surface area contributed by atoms with Crippen molar-refractivity contribution in [3.05, 3.63) is 65.3 Å². The smallest absolute Gasteiger partial charge is 0.275 e. The van der Waals surface area contributed by atoms with Gasteiger partial charge in [-0.2, -0.15) is 0 Å². The zero-order valence-electron chi connectivity index (χ0n) is 12.1. The third kappa shape index (κ3) is 1.92. The standard InChI is InChI=1S/C18H14N2O2/c1-22-13-6-7-17-12(10-13)8-9-20(17)11-15-14-4-2-3-5-16(14)19-18(15)21/h2-10H,11H2,1H3. The molecule has 0 atom stereocenters. The maximum Gasteiger partial charge on any atom is 0.275 e. The lowest BCUT2D eigenvalue weighted by molar-refractivity contribution is -0.112. The van der Waals surface area contributed by atoms with Crippen molar-refractivity contribution in [2.75, 3.05) is 7.11 Å². The minimum Gasteiger partial charge on any atom is -0.497 e. The summed E-state index contributed by atoms with van der Waals surface area (Å²) in [5.41, 5.74) is 1.81. The maximum absolute atomic E-state index is 12.2. The third-order valence-electron chi connectivity index (χ3n) is 4.02. The highest BCUT2D eigenvalue weighted by Crippen LogP contribution is 2.22. The second-order valence-electron chi connectivity index (χ2n) is 5.28. The average Bonchev–Trinajstić information content (AvgIpc) is 3.09. The van der Waals surface area contributed by atoms with E-state index < -0.39 is 0 Å². The molecule has 0 saturated carbocycles. The molecule has 1 amide bonds. The summed E-state index contributed by atoms with van der Waals surface area (Å²) in [5, 5.41) is 2.79. The van der Waals surface area contributed by atoms with Gasteiger partial charge in [0.2, 0.25) is 0 Å². The molecule has 4 nitrogen and oxygen atoms in total. The number of rotatable bonds is 3. The number of methoxy groups -OCH3 is 1. The quantitative estimate of drug-likeness (QED) is 0.736. The Labute approximate surface area is 127 Å². The van der Waals surface area contributed by atoms with Crippen LogP contribution in [0.2, 0.25) is 0 Å². The van der Waals surface area contributed by atoms with Crippen LogP contribution in [0.15, 0.2) is 59.7 Å². The topological polar surface area (TPSA) is 43.6 Å². The molecule has 0 saturated heterocycles. The normalized spacial score (nSPS) is 13.3. The molecule has 0 unspecified atom stereocenters. The van der Waals surface area contributed by atoms with E-state index in [9.17, 15) is 4.79 Å². The van der Waals surface area contributed by atoms with Gasteiger partial charge in [-0.05, 0) is 30.3 Å². The number of aromatic nitrogens is 1. The Morgan fingerprint density at radius 2 is 2.00 bits per heavy atom. The molecule has 4 rings (SSSR count). The molecule has 1 aliphatic heterocycles. The van der Waals surface area contributed by atoms with Crippen LogP contribution in [0.25, 0.3) is 16.5 Å². The minimum absolute atomic E-state index is 0.142. The van der Waals surface area contributed by atoms with Crippen LogP contribution in [-0.2, 0) is 11.3 Å². The molecule has 0 spiro atoms. The van der Waals surface area contributed by atoms with Crippen molar-refractivity contribution in [2.45, 2.75) is 6.54 Å². The number of para-hydroxylation sites is 1. The number of hydrogen-bond acceptors (Lipinski definition) is 2. The summed E-state index contributed by atoms with van der Waals surface area (Å²) in [5.74, 6) is 0.687. The average molecular weight is 290 g/mol. The molecule has 0 N–H and O–H groups in total. The highest BCUT2D eigenvalue weighted by molar-refractivity contribution is 6.15. The van der Waals surface area contributed by atoms with Gasteiger partial charge < -0.3 is 9.30 Å². The van der Waals surface area contributed by atoms with Crippen LogP contribution in [0.4, 0.5) is 0 Å². The highest BCUT2D eigenvalue weighted by Gasteiger charge is 2.17. The van der Waals surface area contributed by atoms with E-state index in [-0.39, 0.29) is 5.91 Å². The Morgan fingerprint density at radius 1 is 1.14 bits per heavy atom. The molecule has 0 aliphatic carbocycles. The van der Waals surface area contributed by atoms with Crippen molar-refractivity contribution >= 4 is 22.4 Å². The number of ether oxygens (including phenoxy) is 1. The summed E-state index contributed by atoms with van der Waals surface area (Å²) in [6.45, 7) is 0.523. The number of fused-ring (bicyclic) bond motifs is 2. The molecule has 0 radical (unpaired) electrons. The van der Waals surface area contributed by atoms with E-state index >= 15 is 0 Å². The van der Waals surface area contributed by atoms with E-state index in [4.69, 9.17) is 4.74 Å². The molecular formula is C18H14N2O2. The number of benzene rings is 2. The summed E-state index contributed by atoms with van der Waals surface area (Å²) < 4.78 is 7.31. The summed E-state index contributed by atoms with van der Waals surface area (Å²) >= 11 is 0. The molecule has 2 heterocycles. The zero-order chi connectivity index (χ0) is 15.1. The first-order valence-corrected chi connectivity index (χ1v) is 7.10. The molecule has 108 valence electrons. The van der Waals surface area contributed by atoms with Crippen LogP contribution in [0.5, 0.6) is 5.75 Å². The van der Waals surface area contributed by atoms with Crippen molar-refractivity contribution in [1.82, 2.24) is 4.57 Å². The SMILES string of the molecule is COc1ccc2c(ccn2CC2=c3ccccc3=NC2=O)c1. The van der Waals surface area contributed by atoms with Gasteiger partial charge >= 0.3 is 0 Å². The zero-order valence-corrected chi connectivity index (χ0v) is 12.1. The number of carbonyl (C=O) groups excluding carboxylic acids is 1. The molecule has 3 aromatic rings. The van der Waals surface area contributed by atoms with Crippen LogP contribution in [0.3, 0.4) is 0 Å². The Balaban J connectivity index is 1.82. The second-order valence-corrected chi connectivity index (χ2v) is 5.28. The lowest BCUT2D eigenvalue weighted by Gasteiger charge is -2.06. The number of nitrogens with zero attached hydrogens (tertiary/aromatic N) is 2. The fourth-order valence-electron chi connectivity index (χ4n) is 2.88. The van der Waals surface area contributed by atoms with Gasteiger partial charge in [0.15, 0.2) is 0 Å². The first-order valence-electron chi connectivity index (χ1n) is 7.10. The van der Waals surface area contributed by atoms with E-state index in [1.54, 1.807) is 7.11 Å². The molecule has 1 aliphatic rings. The van der Waals surface area contributed by atoms with Gasteiger partial charge in [0.25, 0.3) is 5.91 Å². The Bertz CT molecular complexity index is 1010. The van der Waals surface area contributed by atoms with E-state index in [0.717, 1.165) is 32.8 Å². The van der Waals surface area contributed by atoms with Crippen LogP contribution in [0, 0.1) is 0 Å². The largest absolute Gasteiger partial charge is 0.497 e. The minimum atomic E-state index is -0.142. The van der Waals surface area contributed by atoms with Crippen LogP contribution < -0.4 is 15.3 Å². The predicted molar refractivity (Wildman–Crippen MR) is 84.1 cm³/mol. The fraction of sp³-hybridized carbons (Fsp3) is 0.111. The first-order chi connectivity index (χ1) is 10.8. The van der Waals surface area contributed by atoms with Gasteiger partial charge in [-0.3, -0.25) is 4.79 Å². The summed E-state index contributed by atoms with van der Waals surface area (Å²) in [7, 11) is 1.66. The van der Waals surface area contributed by atoms with Crippen molar-refractivity contribution < 1.29 is 9.53 Å². The Morgan fingerprint density at radius 3 is 2.86 bits per heavy atom. The molecule has 0 bridgehead atoms. The predicted octanol–water partition coefficient (Wildman–Crippen LogP) is 1.66. The lowest BCUT2D eigenvalue weighted by atomic mass is 10.2. The lowest BCUT2D eigenvalue weighted by Crippen LogP contribution is -2.23. The van der Waals surface area contributed by atoms with Crippen molar-refractivity contribution in [3.63, 3.8) is 0 Å². The third-order valence-corrected chi connectivity index (χ3v) is 4.02.